The average molecular weight is 379 g/mol. The fourth-order valence-electron chi connectivity index (χ4n) is 3.73. The molecule has 1 aliphatic rings. The summed E-state index contributed by atoms with van der Waals surface area (Å²) in [5, 5.41) is 1.55. The fraction of sp³-hybridized carbons (Fsp3) is 0.304. The summed E-state index contributed by atoms with van der Waals surface area (Å²) in [7, 11) is 0. The molecule has 1 amide bonds. The van der Waals surface area contributed by atoms with Crippen LogP contribution in [0.15, 0.2) is 42.5 Å². The third-order valence-electron chi connectivity index (χ3n) is 5.45. The lowest BCUT2D eigenvalue weighted by Crippen LogP contribution is -2.28. The fourth-order valence-corrected chi connectivity index (χ4v) is 3.88. The Bertz CT molecular complexity index is 1010. The molecule has 2 aromatic carbocycles. The van der Waals surface area contributed by atoms with Gasteiger partial charge < -0.3 is 4.90 Å². The predicted molar refractivity (Wildman–Crippen MR) is 111 cm³/mol. The summed E-state index contributed by atoms with van der Waals surface area (Å²) >= 11 is 6.35. The molecule has 1 aromatic heterocycles. The second kappa shape index (κ2) is 7.32. The monoisotopic (exact) mass is 378 g/mol. The van der Waals surface area contributed by atoms with Crippen molar-refractivity contribution in [1.82, 2.24) is 9.88 Å². The molecule has 1 fully saturated rings. The molecule has 2 heterocycles. The third kappa shape index (κ3) is 3.32. The van der Waals surface area contributed by atoms with Gasteiger partial charge in [0.15, 0.2) is 0 Å². The van der Waals surface area contributed by atoms with Crippen LogP contribution in [0.3, 0.4) is 0 Å². The van der Waals surface area contributed by atoms with E-state index in [0.717, 1.165) is 65.6 Å². The van der Waals surface area contributed by atoms with Gasteiger partial charge in [-0.25, -0.2) is 4.98 Å². The zero-order valence-corrected chi connectivity index (χ0v) is 16.5. The highest BCUT2D eigenvalue weighted by Gasteiger charge is 2.23. The summed E-state index contributed by atoms with van der Waals surface area (Å²) in [5.74, 6) is 0.0908. The van der Waals surface area contributed by atoms with Gasteiger partial charge in [-0.15, -0.1) is 0 Å². The van der Waals surface area contributed by atoms with Crippen LogP contribution >= 0.6 is 11.6 Å². The first-order valence-corrected chi connectivity index (χ1v) is 9.94. The van der Waals surface area contributed by atoms with Gasteiger partial charge >= 0.3 is 0 Å². The van der Waals surface area contributed by atoms with Crippen LogP contribution in [-0.4, -0.2) is 28.9 Å². The molecular weight excluding hydrogens is 356 g/mol. The van der Waals surface area contributed by atoms with Gasteiger partial charge in [-0.1, -0.05) is 48.9 Å². The summed E-state index contributed by atoms with van der Waals surface area (Å²) < 4.78 is 0. The van der Waals surface area contributed by atoms with Gasteiger partial charge in [-0.2, -0.15) is 0 Å². The maximum Gasteiger partial charge on any atom is 0.254 e. The summed E-state index contributed by atoms with van der Waals surface area (Å²) in [5.41, 5.74) is 5.56. The van der Waals surface area contributed by atoms with Crippen molar-refractivity contribution in [3.63, 3.8) is 0 Å². The van der Waals surface area contributed by atoms with Crippen LogP contribution in [0.25, 0.3) is 22.2 Å². The van der Waals surface area contributed by atoms with Crippen LogP contribution in [0.1, 0.15) is 41.3 Å². The number of aryl methyl sites for hydroxylation is 2. The number of fused-ring (bicyclic) bond motifs is 1. The minimum absolute atomic E-state index is 0.0908. The first-order chi connectivity index (χ1) is 13.1. The number of carbonyl (C=O) groups is 1. The summed E-state index contributed by atoms with van der Waals surface area (Å²) in [6.45, 7) is 5.76. The highest BCUT2D eigenvalue weighted by Crippen LogP contribution is 2.31. The molecule has 3 aromatic rings. The average Bonchev–Trinajstić information content (AvgIpc) is 3.24. The maximum absolute atomic E-state index is 13.2. The van der Waals surface area contributed by atoms with Gasteiger partial charge in [-0.3, -0.25) is 4.79 Å². The first kappa shape index (κ1) is 18.0. The number of nitrogens with zero attached hydrogens (tertiary/aromatic N) is 2. The standard InChI is InChI=1S/C23H23ClN2O/c1-3-16-6-8-17(9-7-16)21-14-19(23(27)26-12-4-5-13-26)18-10-11-20(24)15(2)22(18)25-21/h6-11,14H,3-5,12-13H2,1-2H3. The number of likely N-dealkylation sites (tertiary alicyclic amines) is 1. The molecule has 0 atom stereocenters. The molecule has 4 rings (SSSR count). The van der Waals surface area contributed by atoms with Crippen molar-refractivity contribution in [1.29, 1.82) is 0 Å². The smallest absolute Gasteiger partial charge is 0.254 e. The lowest BCUT2D eigenvalue weighted by atomic mass is 10.00. The number of amides is 1. The van der Waals surface area contributed by atoms with E-state index >= 15 is 0 Å². The number of pyridine rings is 1. The van der Waals surface area contributed by atoms with Gasteiger partial charge in [0.05, 0.1) is 16.8 Å². The molecule has 3 nitrogen and oxygen atoms in total. The molecule has 0 spiro atoms. The molecule has 0 radical (unpaired) electrons. The summed E-state index contributed by atoms with van der Waals surface area (Å²) in [6, 6.07) is 14.1. The van der Waals surface area contributed by atoms with Gasteiger partial charge in [0.1, 0.15) is 0 Å². The number of hydrogen-bond acceptors (Lipinski definition) is 2. The van der Waals surface area contributed by atoms with Crippen molar-refractivity contribution >= 4 is 28.4 Å². The SMILES string of the molecule is CCc1ccc(-c2cc(C(=O)N3CCCC3)c3ccc(Cl)c(C)c3n2)cc1. The van der Waals surface area contributed by atoms with Gasteiger partial charge in [0.25, 0.3) is 5.91 Å². The lowest BCUT2D eigenvalue weighted by molar-refractivity contribution is 0.0794. The number of benzene rings is 2. The summed E-state index contributed by atoms with van der Waals surface area (Å²) in [4.78, 5) is 20.0. The van der Waals surface area contributed by atoms with Crippen molar-refractivity contribution in [2.45, 2.75) is 33.1 Å². The molecule has 1 aliphatic heterocycles. The Hall–Kier alpha value is -2.39. The predicted octanol–water partition coefficient (Wildman–Crippen LogP) is 5.66. The molecule has 1 saturated heterocycles. The van der Waals surface area contributed by atoms with Crippen molar-refractivity contribution in [3.05, 3.63) is 64.2 Å². The highest BCUT2D eigenvalue weighted by atomic mass is 35.5. The van der Waals surface area contributed by atoms with E-state index in [1.165, 1.54) is 5.56 Å². The molecule has 0 N–H and O–H groups in total. The van der Waals surface area contributed by atoms with Crippen molar-refractivity contribution in [3.8, 4) is 11.3 Å². The zero-order valence-electron chi connectivity index (χ0n) is 15.8. The molecular formula is C23H23ClN2O. The van der Waals surface area contributed by atoms with Crippen molar-refractivity contribution in [2.75, 3.05) is 13.1 Å². The molecule has 27 heavy (non-hydrogen) atoms. The van der Waals surface area contributed by atoms with Crippen molar-refractivity contribution in [2.24, 2.45) is 0 Å². The molecule has 0 saturated carbocycles. The lowest BCUT2D eigenvalue weighted by Gasteiger charge is -2.18. The Morgan fingerprint density at radius 1 is 1.11 bits per heavy atom. The summed E-state index contributed by atoms with van der Waals surface area (Å²) in [6.07, 6.45) is 3.15. The zero-order chi connectivity index (χ0) is 19.0. The number of hydrogen-bond donors (Lipinski definition) is 0. The molecule has 4 heteroatoms. The topological polar surface area (TPSA) is 33.2 Å². The van der Waals surface area contributed by atoms with Gasteiger partial charge in [0, 0.05) is 29.1 Å². The van der Waals surface area contributed by atoms with Crippen LogP contribution in [-0.2, 0) is 6.42 Å². The van der Waals surface area contributed by atoms with E-state index in [4.69, 9.17) is 16.6 Å². The Kier molecular flexibility index (Phi) is 4.88. The Morgan fingerprint density at radius 3 is 2.48 bits per heavy atom. The van der Waals surface area contributed by atoms with Gasteiger partial charge in [0.2, 0.25) is 0 Å². The highest BCUT2D eigenvalue weighted by molar-refractivity contribution is 6.32. The van der Waals surface area contributed by atoms with Crippen LogP contribution < -0.4 is 0 Å². The molecule has 138 valence electrons. The Balaban J connectivity index is 1.91. The van der Waals surface area contributed by atoms with E-state index < -0.39 is 0 Å². The van der Waals surface area contributed by atoms with Crippen LogP contribution in [0.5, 0.6) is 0 Å². The first-order valence-electron chi connectivity index (χ1n) is 9.57. The second-order valence-corrected chi connectivity index (χ2v) is 7.58. The maximum atomic E-state index is 13.2. The normalized spacial score (nSPS) is 14.1. The van der Waals surface area contributed by atoms with E-state index in [-0.39, 0.29) is 5.91 Å². The van der Waals surface area contributed by atoms with E-state index in [1.807, 2.05) is 30.0 Å². The molecule has 0 bridgehead atoms. The Morgan fingerprint density at radius 2 is 1.81 bits per heavy atom. The van der Waals surface area contributed by atoms with E-state index in [9.17, 15) is 4.79 Å². The van der Waals surface area contributed by atoms with E-state index in [1.54, 1.807) is 0 Å². The number of rotatable bonds is 3. The minimum atomic E-state index is 0.0908. The van der Waals surface area contributed by atoms with Crippen LogP contribution in [0.4, 0.5) is 0 Å². The third-order valence-corrected chi connectivity index (χ3v) is 5.86. The number of halogens is 1. The number of carbonyl (C=O) groups excluding carboxylic acids is 1. The van der Waals surface area contributed by atoms with Gasteiger partial charge in [-0.05, 0) is 49.4 Å². The largest absolute Gasteiger partial charge is 0.339 e. The van der Waals surface area contributed by atoms with E-state index in [2.05, 4.69) is 31.2 Å². The second-order valence-electron chi connectivity index (χ2n) is 7.17. The van der Waals surface area contributed by atoms with E-state index in [0.29, 0.717) is 5.02 Å². The number of aromatic nitrogens is 1. The Labute approximate surface area is 165 Å². The molecule has 0 unspecified atom stereocenters. The quantitative estimate of drug-likeness (QED) is 0.589. The van der Waals surface area contributed by atoms with Crippen molar-refractivity contribution < 1.29 is 4.79 Å². The van der Waals surface area contributed by atoms with Crippen LogP contribution in [0, 0.1) is 6.92 Å². The molecule has 0 aliphatic carbocycles. The van der Waals surface area contributed by atoms with Crippen LogP contribution in [0.2, 0.25) is 5.02 Å². The minimum Gasteiger partial charge on any atom is -0.339 e.